The van der Waals surface area contributed by atoms with Crippen molar-refractivity contribution >= 4 is 34.2 Å². The van der Waals surface area contributed by atoms with E-state index in [1.165, 1.54) is 6.07 Å². The molecule has 1 atom stereocenters. The first-order chi connectivity index (χ1) is 9.60. The van der Waals surface area contributed by atoms with Gasteiger partial charge in [0.25, 0.3) is 5.69 Å². The van der Waals surface area contributed by atoms with Gasteiger partial charge in [-0.05, 0) is 30.9 Å². The van der Waals surface area contributed by atoms with Crippen molar-refractivity contribution in [3.63, 3.8) is 0 Å². The average Bonchev–Trinajstić information content (AvgIpc) is 2.44. The van der Waals surface area contributed by atoms with Gasteiger partial charge < -0.3 is 5.32 Å². The third kappa shape index (κ3) is 3.60. The molecule has 1 aromatic heterocycles. The number of nitrogens with one attached hydrogen (secondary N) is 1. The van der Waals surface area contributed by atoms with Crippen LogP contribution in [0.1, 0.15) is 13.8 Å². The summed E-state index contributed by atoms with van der Waals surface area (Å²) in [4.78, 5) is 14.8. The maximum atomic E-state index is 10.7. The summed E-state index contributed by atoms with van der Waals surface area (Å²) in [6.07, 6.45) is 0. The highest BCUT2D eigenvalue weighted by Crippen LogP contribution is 2.21. The normalized spacial score (nSPS) is 12.3. The monoisotopic (exact) mass is 291 g/mol. The number of non-ortho nitro benzene ring substituents is 1. The molecular weight excluding hydrogens is 274 g/mol. The number of nitro benzene ring substituents is 1. The van der Waals surface area contributed by atoms with E-state index in [1.807, 2.05) is 23.9 Å². The summed E-state index contributed by atoms with van der Waals surface area (Å²) in [5.41, 5.74) is 0.851. The van der Waals surface area contributed by atoms with E-state index in [9.17, 15) is 10.1 Å². The predicted octanol–water partition coefficient (Wildman–Crippen LogP) is 3.70. The van der Waals surface area contributed by atoms with Gasteiger partial charge in [-0.25, -0.2) is 4.98 Å². The summed E-state index contributed by atoms with van der Waals surface area (Å²) < 4.78 is 0. The quantitative estimate of drug-likeness (QED) is 0.649. The lowest BCUT2D eigenvalue weighted by molar-refractivity contribution is -0.384. The van der Waals surface area contributed by atoms with Crippen molar-refractivity contribution in [1.29, 1.82) is 0 Å². The molecule has 0 spiro atoms. The van der Waals surface area contributed by atoms with Crippen LogP contribution >= 0.6 is 11.8 Å². The van der Waals surface area contributed by atoms with E-state index in [1.54, 1.807) is 12.1 Å². The highest BCUT2D eigenvalue weighted by atomic mass is 32.2. The number of anilines is 1. The first-order valence-electron chi connectivity index (χ1n) is 6.49. The molecular formula is C14H17N3O2S. The Kier molecular flexibility index (Phi) is 4.79. The number of nitrogens with zero attached hydrogens (tertiary/aromatic N) is 2. The minimum atomic E-state index is -0.393. The molecule has 2 aromatic rings. The molecule has 1 aromatic carbocycles. The zero-order valence-electron chi connectivity index (χ0n) is 11.5. The van der Waals surface area contributed by atoms with Crippen molar-refractivity contribution in [1.82, 2.24) is 4.98 Å². The second-order valence-corrected chi connectivity index (χ2v) is 5.85. The lowest BCUT2D eigenvalue weighted by Gasteiger charge is -2.14. The minimum absolute atomic E-state index is 0.0905. The van der Waals surface area contributed by atoms with E-state index in [0.29, 0.717) is 6.04 Å². The van der Waals surface area contributed by atoms with Gasteiger partial charge in [-0.15, -0.1) is 0 Å². The molecule has 2 rings (SSSR count). The topological polar surface area (TPSA) is 68.1 Å². The van der Waals surface area contributed by atoms with Crippen molar-refractivity contribution in [3.8, 4) is 0 Å². The van der Waals surface area contributed by atoms with E-state index in [4.69, 9.17) is 0 Å². The number of hydrogen-bond donors (Lipinski definition) is 1. The third-order valence-corrected chi connectivity index (χ3v) is 3.99. The van der Waals surface area contributed by atoms with E-state index in [2.05, 4.69) is 24.1 Å². The predicted molar refractivity (Wildman–Crippen MR) is 84.5 cm³/mol. The molecule has 0 aliphatic carbocycles. The average molecular weight is 291 g/mol. The van der Waals surface area contributed by atoms with Crippen LogP contribution in [0.5, 0.6) is 0 Å². The van der Waals surface area contributed by atoms with Crippen LogP contribution in [-0.2, 0) is 0 Å². The van der Waals surface area contributed by atoms with Gasteiger partial charge in [-0.3, -0.25) is 10.1 Å². The summed E-state index contributed by atoms with van der Waals surface area (Å²) in [6, 6.07) is 8.77. The molecule has 5 nitrogen and oxygen atoms in total. The van der Waals surface area contributed by atoms with Crippen LogP contribution in [0.25, 0.3) is 10.9 Å². The standard InChI is InChI=1S/C14H17N3O2S/c1-3-20-9-10(2)15-14-7-4-11-8-12(17(18)19)5-6-13(11)16-14/h4-8,10H,3,9H2,1-2H3,(H,15,16). The molecule has 0 amide bonds. The SMILES string of the molecule is CCSCC(C)Nc1ccc2cc([N+](=O)[O-])ccc2n1. The zero-order chi connectivity index (χ0) is 14.5. The number of rotatable bonds is 6. The van der Waals surface area contributed by atoms with Gasteiger partial charge in [-0.2, -0.15) is 11.8 Å². The van der Waals surface area contributed by atoms with Gasteiger partial charge in [0.2, 0.25) is 0 Å². The molecule has 0 aliphatic heterocycles. The second kappa shape index (κ2) is 6.56. The van der Waals surface area contributed by atoms with Crippen molar-refractivity contribution in [2.75, 3.05) is 16.8 Å². The molecule has 0 fully saturated rings. The third-order valence-electron chi connectivity index (χ3n) is 2.85. The molecule has 0 saturated carbocycles. The van der Waals surface area contributed by atoms with E-state index < -0.39 is 4.92 Å². The fourth-order valence-electron chi connectivity index (χ4n) is 1.90. The fraction of sp³-hybridized carbons (Fsp3) is 0.357. The lowest BCUT2D eigenvalue weighted by atomic mass is 10.2. The highest BCUT2D eigenvalue weighted by molar-refractivity contribution is 7.99. The van der Waals surface area contributed by atoms with Gasteiger partial charge in [0.05, 0.1) is 10.4 Å². The minimum Gasteiger partial charge on any atom is -0.367 e. The maximum absolute atomic E-state index is 10.7. The number of hydrogen-bond acceptors (Lipinski definition) is 5. The summed E-state index contributed by atoms with van der Waals surface area (Å²) in [5.74, 6) is 2.92. The maximum Gasteiger partial charge on any atom is 0.270 e. The number of benzene rings is 1. The fourth-order valence-corrected chi connectivity index (χ4v) is 2.57. The van der Waals surface area contributed by atoms with Gasteiger partial charge >= 0.3 is 0 Å². The molecule has 0 saturated heterocycles. The first kappa shape index (κ1) is 14.6. The molecule has 0 bridgehead atoms. The molecule has 106 valence electrons. The Balaban J connectivity index is 2.17. The van der Waals surface area contributed by atoms with E-state index in [0.717, 1.165) is 28.2 Å². The van der Waals surface area contributed by atoms with Crippen LogP contribution < -0.4 is 5.32 Å². The Labute approximate surface area is 121 Å². The molecule has 1 unspecified atom stereocenters. The lowest BCUT2D eigenvalue weighted by Crippen LogP contribution is -2.18. The Hall–Kier alpha value is -1.82. The van der Waals surface area contributed by atoms with Crippen molar-refractivity contribution < 1.29 is 4.92 Å². The van der Waals surface area contributed by atoms with Crippen LogP contribution in [0.4, 0.5) is 11.5 Å². The van der Waals surface area contributed by atoms with Gasteiger partial charge in [0.15, 0.2) is 0 Å². The van der Waals surface area contributed by atoms with Crippen molar-refractivity contribution in [2.45, 2.75) is 19.9 Å². The van der Waals surface area contributed by atoms with Crippen LogP contribution in [0.2, 0.25) is 0 Å². The first-order valence-corrected chi connectivity index (χ1v) is 7.65. The van der Waals surface area contributed by atoms with Crippen LogP contribution in [0.15, 0.2) is 30.3 Å². The van der Waals surface area contributed by atoms with Crippen molar-refractivity contribution in [3.05, 3.63) is 40.4 Å². The van der Waals surface area contributed by atoms with Gasteiger partial charge in [0, 0.05) is 29.3 Å². The van der Waals surface area contributed by atoms with Gasteiger partial charge in [0.1, 0.15) is 5.82 Å². The summed E-state index contributed by atoms with van der Waals surface area (Å²) in [6.45, 7) is 4.25. The number of aromatic nitrogens is 1. The summed E-state index contributed by atoms with van der Waals surface area (Å²) in [7, 11) is 0. The Morgan fingerprint density at radius 3 is 2.90 bits per heavy atom. The number of thioether (sulfide) groups is 1. The highest BCUT2D eigenvalue weighted by Gasteiger charge is 2.08. The van der Waals surface area contributed by atoms with E-state index >= 15 is 0 Å². The van der Waals surface area contributed by atoms with Crippen LogP contribution in [0.3, 0.4) is 0 Å². The zero-order valence-corrected chi connectivity index (χ0v) is 12.3. The van der Waals surface area contributed by atoms with Gasteiger partial charge in [-0.1, -0.05) is 6.92 Å². The molecule has 20 heavy (non-hydrogen) atoms. The van der Waals surface area contributed by atoms with Crippen LogP contribution in [-0.4, -0.2) is 27.5 Å². The number of fused-ring (bicyclic) bond motifs is 1. The Bertz CT molecular complexity index is 618. The summed E-state index contributed by atoms with van der Waals surface area (Å²) in [5, 5.41) is 14.8. The Morgan fingerprint density at radius 1 is 1.40 bits per heavy atom. The molecule has 1 heterocycles. The number of pyridine rings is 1. The summed E-state index contributed by atoms with van der Waals surface area (Å²) >= 11 is 1.88. The van der Waals surface area contributed by atoms with E-state index in [-0.39, 0.29) is 5.69 Å². The number of nitro groups is 1. The molecule has 0 radical (unpaired) electrons. The molecule has 6 heteroatoms. The largest absolute Gasteiger partial charge is 0.367 e. The smallest absolute Gasteiger partial charge is 0.270 e. The molecule has 0 aliphatic rings. The second-order valence-electron chi connectivity index (χ2n) is 4.54. The van der Waals surface area contributed by atoms with Crippen molar-refractivity contribution in [2.24, 2.45) is 0 Å². The van der Waals surface area contributed by atoms with Crippen LogP contribution in [0, 0.1) is 10.1 Å². The molecule has 1 N–H and O–H groups in total. The Morgan fingerprint density at radius 2 is 2.20 bits per heavy atom.